The lowest BCUT2D eigenvalue weighted by molar-refractivity contribution is -0.192. The molecule has 176 valence electrons. The molecule has 2 aliphatic heterocycles. The Morgan fingerprint density at radius 3 is 2.56 bits per heavy atom. The van der Waals surface area contributed by atoms with Crippen molar-refractivity contribution < 1.29 is 36.2 Å². The zero-order chi connectivity index (χ0) is 23.6. The summed E-state index contributed by atoms with van der Waals surface area (Å²) < 4.78 is 62.3. The minimum absolute atomic E-state index is 0.0418. The maximum atomic E-state index is 12.7. The van der Waals surface area contributed by atoms with E-state index in [1.54, 1.807) is 17.5 Å². The Labute approximate surface area is 187 Å². The molecular weight excluding hydrogens is 469 g/mol. The van der Waals surface area contributed by atoms with Crippen LogP contribution in [-0.2, 0) is 21.2 Å². The van der Waals surface area contributed by atoms with Gasteiger partial charge < -0.3 is 9.84 Å². The van der Waals surface area contributed by atoms with E-state index >= 15 is 0 Å². The second-order valence-corrected chi connectivity index (χ2v) is 11.3. The molecule has 0 radical (unpaired) electrons. The number of halogens is 3. The van der Waals surface area contributed by atoms with Crippen LogP contribution < -0.4 is 4.74 Å². The summed E-state index contributed by atoms with van der Waals surface area (Å²) in [5, 5.41) is 9.22. The molecule has 4 heterocycles. The van der Waals surface area contributed by atoms with Gasteiger partial charge in [-0.05, 0) is 36.4 Å². The number of hydrogen-bond acceptors (Lipinski definition) is 7. The van der Waals surface area contributed by atoms with E-state index in [0.29, 0.717) is 32.0 Å². The number of carboxylic acids is 1. The molecule has 12 heteroatoms. The van der Waals surface area contributed by atoms with Crippen LogP contribution in [0.4, 0.5) is 13.2 Å². The Kier molecular flexibility index (Phi) is 7.15. The number of aryl methyl sites for hydroxylation is 1. The molecule has 1 unspecified atom stereocenters. The fourth-order valence-corrected chi connectivity index (χ4v) is 7.32. The quantitative estimate of drug-likeness (QED) is 0.685. The van der Waals surface area contributed by atoms with Gasteiger partial charge in [0.15, 0.2) is 9.84 Å². The molecule has 0 amide bonds. The van der Waals surface area contributed by atoms with Crippen LogP contribution in [0.3, 0.4) is 0 Å². The predicted octanol–water partition coefficient (Wildman–Crippen LogP) is 3.15. The van der Waals surface area contributed by atoms with Gasteiger partial charge in [0.05, 0.1) is 12.4 Å². The maximum absolute atomic E-state index is 12.7. The summed E-state index contributed by atoms with van der Waals surface area (Å²) in [6, 6.07) is 7.64. The Morgan fingerprint density at radius 1 is 1.34 bits per heavy atom. The van der Waals surface area contributed by atoms with E-state index in [0.717, 1.165) is 6.54 Å². The summed E-state index contributed by atoms with van der Waals surface area (Å²) in [5.74, 6) is -1.88. The molecule has 1 spiro atoms. The molecule has 2 aromatic heterocycles. The molecule has 32 heavy (non-hydrogen) atoms. The number of pyridine rings is 1. The first-order valence-electron chi connectivity index (χ1n) is 9.76. The van der Waals surface area contributed by atoms with E-state index in [9.17, 15) is 21.6 Å². The van der Waals surface area contributed by atoms with Crippen LogP contribution in [0.2, 0.25) is 0 Å². The first kappa shape index (κ1) is 24.5. The highest BCUT2D eigenvalue weighted by atomic mass is 32.2. The maximum Gasteiger partial charge on any atom is 0.490 e. The summed E-state index contributed by atoms with van der Waals surface area (Å²) >= 11 is 1.74. The van der Waals surface area contributed by atoms with E-state index in [1.807, 2.05) is 18.2 Å². The second kappa shape index (κ2) is 9.36. The van der Waals surface area contributed by atoms with Gasteiger partial charge >= 0.3 is 12.1 Å². The molecule has 4 rings (SSSR count). The van der Waals surface area contributed by atoms with Gasteiger partial charge in [-0.3, -0.25) is 4.90 Å². The highest BCUT2D eigenvalue weighted by molar-refractivity contribution is 7.93. The van der Waals surface area contributed by atoms with Crippen LogP contribution in [0.15, 0.2) is 35.8 Å². The van der Waals surface area contributed by atoms with Crippen LogP contribution in [0, 0.1) is 12.8 Å². The lowest BCUT2D eigenvalue weighted by Crippen LogP contribution is -2.67. The number of aromatic nitrogens is 1. The number of carboxylic acid groups (broad SMARTS) is 1. The van der Waals surface area contributed by atoms with Crippen molar-refractivity contribution in [2.45, 2.75) is 30.8 Å². The third kappa shape index (κ3) is 5.24. The van der Waals surface area contributed by atoms with Gasteiger partial charge in [-0.15, -0.1) is 11.3 Å². The first-order chi connectivity index (χ1) is 14.9. The van der Waals surface area contributed by atoms with Crippen molar-refractivity contribution in [3.05, 3.63) is 46.3 Å². The number of likely N-dealkylation sites (tertiary alicyclic amines) is 1. The minimum Gasteiger partial charge on any atom is -0.477 e. The summed E-state index contributed by atoms with van der Waals surface area (Å²) in [5.41, 5.74) is 1.29. The predicted molar refractivity (Wildman–Crippen MR) is 112 cm³/mol. The SMILES string of the molecule is Cc1ccsc1CN1CC2(C1)C(COc1ccccn1)CCS2(=O)=O.O=C(O)C(F)(F)F. The fraction of sp³-hybridized carbons (Fsp3) is 0.500. The van der Waals surface area contributed by atoms with Crippen LogP contribution in [0.25, 0.3) is 0 Å². The molecule has 0 bridgehead atoms. The molecule has 1 atom stereocenters. The Bertz CT molecular complexity index is 1040. The number of ether oxygens (including phenoxy) is 1. The number of thiophene rings is 1. The molecule has 0 aromatic carbocycles. The molecule has 0 saturated carbocycles. The highest BCUT2D eigenvalue weighted by Gasteiger charge is 2.61. The number of nitrogens with zero attached hydrogens (tertiary/aromatic N) is 2. The lowest BCUT2D eigenvalue weighted by Gasteiger charge is -2.49. The largest absolute Gasteiger partial charge is 0.490 e. The molecule has 1 N–H and O–H groups in total. The van der Waals surface area contributed by atoms with Crippen LogP contribution in [0.5, 0.6) is 5.88 Å². The Hall–Kier alpha value is -2.18. The zero-order valence-electron chi connectivity index (χ0n) is 17.2. The highest BCUT2D eigenvalue weighted by Crippen LogP contribution is 2.45. The fourth-order valence-electron chi connectivity index (χ4n) is 3.92. The normalized spacial score (nSPS) is 21.4. The van der Waals surface area contributed by atoms with Crippen molar-refractivity contribution in [3.8, 4) is 5.88 Å². The molecule has 7 nitrogen and oxygen atoms in total. The topological polar surface area (TPSA) is 96.8 Å². The van der Waals surface area contributed by atoms with E-state index in [2.05, 4.69) is 28.3 Å². The summed E-state index contributed by atoms with van der Waals surface area (Å²) in [6.45, 7) is 4.60. The van der Waals surface area contributed by atoms with Gasteiger partial charge in [0, 0.05) is 42.7 Å². The summed E-state index contributed by atoms with van der Waals surface area (Å²) in [6.07, 6.45) is -2.72. The van der Waals surface area contributed by atoms with Crippen molar-refractivity contribution in [3.63, 3.8) is 0 Å². The number of sulfone groups is 1. The van der Waals surface area contributed by atoms with Crippen LogP contribution in [0.1, 0.15) is 16.9 Å². The van der Waals surface area contributed by atoms with Crippen molar-refractivity contribution in [1.29, 1.82) is 0 Å². The van der Waals surface area contributed by atoms with Gasteiger partial charge in [-0.2, -0.15) is 13.2 Å². The number of aliphatic carboxylic acids is 1. The molecule has 2 aliphatic rings. The van der Waals surface area contributed by atoms with Crippen LogP contribution >= 0.6 is 11.3 Å². The van der Waals surface area contributed by atoms with E-state index < -0.39 is 26.7 Å². The average Bonchev–Trinajstić information content (AvgIpc) is 3.21. The van der Waals surface area contributed by atoms with Crippen molar-refractivity contribution in [2.24, 2.45) is 5.92 Å². The Morgan fingerprint density at radius 2 is 2.03 bits per heavy atom. The molecule has 2 saturated heterocycles. The lowest BCUT2D eigenvalue weighted by atomic mass is 9.83. The number of alkyl halides is 3. The van der Waals surface area contributed by atoms with Crippen LogP contribution in [-0.4, -0.2) is 65.8 Å². The van der Waals surface area contributed by atoms with Crippen molar-refractivity contribution in [2.75, 3.05) is 25.4 Å². The third-order valence-electron chi connectivity index (χ3n) is 5.73. The van der Waals surface area contributed by atoms with Gasteiger partial charge in [0.1, 0.15) is 4.75 Å². The Balaban J connectivity index is 0.000000360. The minimum atomic E-state index is -5.08. The zero-order valence-corrected chi connectivity index (χ0v) is 18.8. The second-order valence-electron chi connectivity index (χ2n) is 7.82. The standard InChI is InChI=1S/C18H22N2O3S2.C2HF3O2/c1-14-5-8-24-16(14)10-20-12-18(13-20)15(6-9-25(18,21)22)11-23-17-4-2-3-7-19-17;3-2(4,5)1(6)7/h2-5,7-8,15H,6,9-13H2,1H3;(H,6,7). The molecule has 2 aromatic rings. The van der Waals surface area contributed by atoms with E-state index in [4.69, 9.17) is 14.6 Å². The summed E-state index contributed by atoms with van der Waals surface area (Å²) in [7, 11) is -3.06. The van der Waals surface area contributed by atoms with Gasteiger partial charge in [0.25, 0.3) is 0 Å². The average molecular weight is 493 g/mol. The smallest absolute Gasteiger partial charge is 0.477 e. The molecule has 2 fully saturated rings. The molecule has 0 aliphatic carbocycles. The van der Waals surface area contributed by atoms with E-state index in [-0.39, 0.29) is 11.7 Å². The number of carbonyl (C=O) groups is 1. The first-order valence-corrected chi connectivity index (χ1v) is 12.3. The van der Waals surface area contributed by atoms with Crippen molar-refractivity contribution >= 4 is 27.1 Å². The van der Waals surface area contributed by atoms with Gasteiger partial charge in [0.2, 0.25) is 5.88 Å². The molecular formula is C20H23F3N2O5S2. The monoisotopic (exact) mass is 492 g/mol. The van der Waals surface area contributed by atoms with Gasteiger partial charge in [-0.1, -0.05) is 6.07 Å². The van der Waals surface area contributed by atoms with E-state index in [1.165, 1.54) is 10.4 Å². The number of rotatable bonds is 5. The third-order valence-corrected chi connectivity index (χ3v) is 9.34. The summed E-state index contributed by atoms with van der Waals surface area (Å²) in [4.78, 5) is 16.6. The number of hydrogen-bond donors (Lipinski definition) is 1. The van der Waals surface area contributed by atoms with Gasteiger partial charge in [-0.25, -0.2) is 18.2 Å². The van der Waals surface area contributed by atoms with Crippen molar-refractivity contribution in [1.82, 2.24) is 9.88 Å².